The highest BCUT2D eigenvalue weighted by Gasteiger charge is 2.23. The number of likely N-dealkylation sites (tertiary alicyclic amines) is 1. The van der Waals surface area contributed by atoms with Gasteiger partial charge in [0.1, 0.15) is 0 Å². The third-order valence-electron chi connectivity index (χ3n) is 4.23. The molecule has 110 valence electrons. The molecule has 0 atom stereocenters. The van der Waals surface area contributed by atoms with E-state index in [1.54, 1.807) is 4.90 Å². The molecule has 0 N–H and O–H groups in total. The Morgan fingerprint density at radius 1 is 1.20 bits per heavy atom. The molecule has 0 spiro atoms. The number of carbonyl (C=O) groups excluding carboxylic acids is 1. The van der Waals surface area contributed by atoms with Crippen LogP contribution in [0.5, 0.6) is 0 Å². The summed E-state index contributed by atoms with van der Waals surface area (Å²) in [4.78, 5) is 15.5. The first kappa shape index (κ1) is 14.9. The van der Waals surface area contributed by atoms with Gasteiger partial charge in [-0.15, -0.1) is 0 Å². The zero-order valence-electron chi connectivity index (χ0n) is 12.9. The lowest BCUT2D eigenvalue weighted by atomic mass is 9.90. The van der Waals surface area contributed by atoms with Crippen molar-refractivity contribution in [2.45, 2.75) is 32.6 Å². The fraction of sp³-hybridized carbons (Fsp3) is 0.588. The number of urea groups is 1. The van der Waals surface area contributed by atoms with E-state index in [0.29, 0.717) is 0 Å². The Bertz CT molecular complexity index is 431. The predicted molar refractivity (Wildman–Crippen MR) is 82.9 cm³/mol. The highest BCUT2D eigenvalue weighted by atomic mass is 16.2. The van der Waals surface area contributed by atoms with E-state index < -0.39 is 0 Å². The monoisotopic (exact) mass is 274 g/mol. The number of amides is 2. The van der Waals surface area contributed by atoms with Crippen LogP contribution in [0.2, 0.25) is 0 Å². The summed E-state index contributed by atoms with van der Waals surface area (Å²) in [5.74, 6) is 0.766. The van der Waals surface area contributed by atoms with Crippen LogP contribution in [0.1, 0.15) is 30.4 Å². The van der Waals surface area contributed by atoms with Crippen LogP contribution in [-0.4, -0.2) is 43.0 Å². The number of piperidine rings is 1. The van der Waals surface area contributed by atoms with Gasteiger partial charge in [-0.05, 0) is 44.1 Å². The van der Waals surface area contributed by atoms with Crippen LogP contribution in [0.25, 0.3) is 0 Å². The molecule has 2 amide bonds. The average Bonchev–Trinajstić information content (AvgIpc) is 2.46. The third kappa shape index (κ3) is 3.99. The first-order chi connectivity index (χ1) is 9.56. The summed E-state index contributed by atoms with van der Waals surface area (Å²) in [5.41, 5.74) is 2.76. The molecule has 0 saturated carbocycles. The second-order valence-electron chi connectivity index (χ2n) is 6.13. The van der Waals surface area contributed by atoms with Crippen molar-refractivity contribution < 1.29 is 4.79 Å². The first-order valence-electron chi connectivity index (χ1n) is 7.58. The Labute approximate surface area is 122 Å². The molecule has 3 heteroatoms. The van der Waals surface area contributed by atoms with E-state index in [0.717, 1.165) is 38.3 Å². The quantitative estimate of drug-likeness (QED) is 0.829. The standard InChI is InChI=1S/C17H26N2O/c1-14-4-6-15(7-5-14)8-9-16-10-12-19(13-11-16)17(20)18(2)3/h4-7,16H,8-13H2,1-3H3. The van der Waals surface area contributed by atoms with Gasteiger partial charge in [0.25, 0.3) is 0 Å². The van der Waals surface area contributed by atoms with Gasteiger partial charge in [0.05, 0.1) is 0 Å². The zero-order valence-corrected chi connectivity index (χ0v) is 12.9. The number of hydrogen-bond acceptors (Lipinski definition) is 1. The smallest absolute Gasteiger partial charge is 0.319 e. The minimum atomic E-state index is 0.155. The molecule has 2 rings (SSSR count). The number of aryl methyl sites for hydroxylation is 2. The number of carbonyl (C=O) groups is 1. The van der Waals surface area contributed by atoms with E-state index in [2.05, 4.69) is 31.2 Å². The molecule has 1 saturated heterocycles. The Morgan fingerprint density at radius 2 is 1.80 bits per heavy atom. The van der Waals surface area contributed by atoms with Crippen LogP contribution >= 0.6 is 0 Å². The van der Waals surface area contributed by atoms with Crippen LogP contribution in [0.15, 0.2) is 24.3 Å². The van der Waals surface area contributed by atoms with Crippen molar-refractivity contribution in [2.75, 3.05) is 27.2 Å². The van der Waals surface area contributed by atoms with E-state index in [9.17, 15) is 4.79 Å². The maximum Gasteiger partial charge on any atom is 0.319 e. The molecule has 1 aliphatic heterocycles. The van der Waals surface area contributed by atoms with Crippen molar-refractivity contribution in [2.24, 2.45) is 5.92 Å². The molecule has 1 aromatic rings. The van der Waals surface area contributed by atoms with Crippen LogP contribution < -0.4 is 0 Å². The van der Waals surface area contributed by atoms with Crippen molar-refractivity contribution >= 4 is 6.03 Å². The van der Waals surface area contributed by atoms with Gasteiger partial charge in [-0.3, -0.25) is 0 Å². The third-order valence-corrected chi connectivity index (χ3v) is 4.23. The molecule has 0 aliphatic carbocycles. The van der Waals surface area contributed by atoms with Crippen LogP contribution in [0.3, 0.4) is 0 Å². The largest absolute Gasteiger partial charge is 0.331 e. The molecular weight excluding hydrogens is 248 g/mol. The molecule has 20 heavy (non-hydrogen) atoms. The Morgan fingerprint density at radius 3 is 2.35 bits per heavy atom. The van der Waals surface area contributed by atoms with E-state index in [-0.39, 0.29) is 6.03 Å². The molecule has 1 fully saturated rings. The van der Waals surface area contributed by atoms with Crippen molar-refractivity contribution in [3.63, 3.8) is 0 Å². The van der Waals surface area contributed by atoms with Crippen molar-refractivity contribution in [3.8, 4) is 0 Å². The van der Waals surface area contributed by atoms with E-state index in [1.807, 2.05) is 19.0 Å². The second-order valence-corrected chi connectivity index (χ2v) is 6.13. The second kappa shape index (κ2) is 6.78. The summed E-state index contributed by atoms with van der Waals surface area (Å²) >= 11 is 0. The maximum atomic E-state index is 11.9. The molecule has 0 unspecified atom stereocenters. The van der Waals surface area contributed by atoms with Gasteiger partial charge in [0.2, 0.25) is 0 Å². The van der Waals surface area contributed by atoms with Gasteiger partial charge in [0, 0.05) is 27.2 Å². The minimum absolute atomic E-state index is 0.155. The van der Waals surface area contributed by atoms with Crippen LogP contribution in [-0.2, 0) is 6.42 Å². The number of benzene rings is 1. The molecule has 1 aliphatic rings. The average molecular weight is 274 g/mol. The SMILES string of the molecule is Cc1ccc(CCC2CCN(C(=O)N(C)C)CC2)cc1. The summed E-state index contributed by atoms with van der Waals surface area (Å²) in [5, 5.41) is 0. The van der Waals surface area contributed by atoms with Crippen molar-refractivity contribution in [1.82, 2.24) is 9.80 Å². The molecule has 1 aromatic carbocycles. The fourth-order valence-electron chi connectivity index (χ4n) is 2.82. The molecule has 0 radical (unpaired) electrons. The lowest BCUT2D eigenvalue weighted by Gasteiger charge is -2.33. The number of rotatable bonds is 3. The predicted octanol–water partition coefficient (Wildman–Crippen LogP) is 3.32. The van der Waals surface area contributed by atoms with E-state index in [4.69, 9.17) is 0 Å². The maximum absolute atomic E-state index is 11.9. The normalized spacial score (nSPS) is 16.2. The summed E-state index contributed by atoms with van der Waals surface area (Å²) in [6, 6.07) is 9.00. The highest BCUT2D eigenvalue weighted by molar-refractivity contribution is 5.73. The summed E-state index contributed by atoms with van der Waals surface area (Å²) < 4.78 is 0. The van der Waals surface area contributed by atoms with Gasteiger partial charge >= 0.3 is 6.03 Å². The van der Waals surface area contributed by atoms with E-state index >= 15 is 0 Å². The summed E-state index contributed by atoms with van der Waals surface area (Å²) in [6.45, 7) is 3.95. The zero-order chi connectivity index (χ0) is 14.5. The molecular formula is C17H26N2O. The van der Waals surface area contributed by atoms with Crippen molar-refractivity contribution in [3.05, 3.63) is 35.4 Å². The van der Waals surface area contributed by atoms with Crippen molar-refractivity contribution in [1.29, 1.82) is 0 Å². The molecule has 0 aromatic heterocycles. The van der Waals surface area contributed by atoms with Gasteiger partial charge < -0.3 is 9.80 Å². The molecule has 1 heterocycles. The van der Waals surface area contributed by atoms with Gasteiger partial charge in [-0.25, -0.2) is 4.79 Å². The Hall–Kier alpha value is -1.51. The number of nitrogens with zero attached hydrogens (tertiary/aromatic N) is 2. The van der Waals surface area contributed by atoms with Gasteiger partial charge in [-0.2, -0.15) is 0 Å². The van der Waals surface area contributed by atoms with Gasteiger partial charge in [-0.1, -0.05) is 29.8 Å². The fourth-order valence-corrected chi connectivity index (χ4v) is 2.82. The summed E-state index contributed by atoms with van der Waals surface area (Å²) in [7, 11) is 3.65. The van der Waals surface area contributed by atoms with Crippen LogP contribution in [0.4, 0.5) is 4.79 Å². The molecule has 3 nitrogen and oxygen atoms in total. The summed E-state index contributed by atoms with van der Waals surface area (Å²) in [6.07, 6.45) is 4.69. The highest BCUT2D eigenvalue weighted by Crippen LogP contribution is 2.23. The lowest BCUT2D eigenvalue weighted by molar-refractivity contribution is 0.145. The van der Waals surface area contributed by atoms with Crippen LogP contribution in [0, 0.1) is 12.8 Å². The minimum Gasteiger partial charge on any atom is -0.331 e. The first-order valence-corrected chi connectivity index (χ1v) is 7.58. The molecule has 0 bridgehead atoms. The number of hydrogen-bond donors (Lipinski definition) is 0. The van der Waals surface area contributed by atoms with Gasteiger partial charge in [0.15, 0.2) is 0 Å². The van der Waals surface area contributed by atoms with E-state index in [1.165, 1.54) is 17.5 Å². The Kier molecular flexibility index (Phi) is 5.05. The topological polar surface area (TPSA) is 23.6 Å². The lowest BCUT2D eigenvalue weighted by Crippen LogP contribution is -2.43. The Balaban J connectivity index is 1.74.